The molecule has 2 aliphatic rings. The lowest BCUT2D eigenvalue weighted by Gasteiger charge is -2.41. The fourth-order valence-electron chi connectivity index (χ4n) is 7.76. The number of carbonyl (C=O) groups excluding carboxylic acids is 8. The van der Waals surface area contributed by atoms with Gasteiger partial charge in [-0.15, -0.1) is 0 Å². The van der Waals surface area contributed by atoms with Crippen molar-refractivity contribution in [2.45, 2.75) is 149 Å². The third-order valence-electron chi connectivity index (χ3n) is 11.9. The van der Waals surface area contributed by atoms with Crippen molar-refractivity contribution in [3.05, 3.63) is 29.8 Å². The molecular formula is C44H70N8O11. The number of hydrogen-bond acceptors (Lipinski definition) is 12. The highest BCUT2D eigenvalue weighted by Crippen LogP contribution is 2.22. The Morgan fingerprint density at radius 1 is 0.921 bits per heavy atom. The number of esters is 1. The van der Waals surface area contributed by atoms with Gasteiger partial charge in [0.2, 0.25) is 35.9 Å². The van der Waals surface area contributed by atoms with Crippen LogP contribution in [0, 0.1) is 23.7 Å². The van der Waals surface area contributed by atoms with E-state index < -0.39 is 108 Å². The Bertz CT molecular complexity index is 1760. The average Bonchev–Trinajstić information content (AvgIpc) is 3.24. The third-order valence-corrected chi connectivity index (χ3v) is 11.9. The number of carbonyl (C=O) groups is 8. The standard InChI is InChI=1S/C44H70N8O11/c1-12-25(7)34(45-22-53)40(57)50-36-27(9)63-44(61)37(24(5)6)51(10)42(59)32(18-23(3)4)48-39(56)33-20-29(54)21-46-52(33)43(60)35(26(8)13-2)49-38(55)31(47-41(36)58)19-28-14-16-30(62-11)17-15-28/h14-17,22-27,29,31-37,46,54H,12-13,18-21H2,1-11H3,(H,45,53)(H,47,58)(H,48,56)(H,49,55)(H,50,57)/t25-,26+,27-,29+,31-,32+,33+,34+,35-,36+,37+/m1/s1. The SMILES string of the molecule is CC[C@@H](C)[C@H](NC=O)C(=O)N[C@@H]1C(=O)N[C@H](Cc2ccc(OC)cc2)C(=O)N[C@H]([C@@H](C)CC)C(=O)N2NC[C@@H](O)C[C@H]2C(=O)N[C@@H](CC(C)C)C(=O)N(C)[C@@H](C(C)C)C(=O)O[C@@H]1C. The number of β-amino-alcohol motifs (C(OH)–C–C–N with tert-alkyl or cyclic N) is 1. The number of amides is 7. The minimum Gasteiger partial charge on any atom is -0.497 e. The zero-order chi connectivity index (χ0) is 47.3. The summed E-state index contributed by atoms with van der Waals surface area (Å²) in [5, 5.41) is 25.3. The molecule has 3 rings (SSSR count). The predicted octanol–water partition coefficient (Wildman–Crippen LogP) is 0.325. The molecule has 0 aromatic heterocycles. The Morgan fingerprint density at radius 3 is 2.11 bits per heavy atom. The number of methoxy groups -OCH3 is 1. The Hall–Kier alpha value is -5.30. The summed E-state index contributed by atoms with van der Waals surface area (Å²) in [6, 6.07) is -2.42. The fraction of sp³-hybridized carbons (Fsp3) is 0.682. The van der Waals surface area contributed by atoms with Crippen molar-refractivity contribution in [2.75, 3.05) is 20.7 Å². The van der Waals surface area contributed by atoms with Gasteiger partial charge >= 0.3 is 5.97 Å². The molecule has 2 fully saturated rings. The first-order chi connectivity index (χ1) is 29.7. The number of cyclic esters (lactones) is 1. The Morgan fingerprint density at radius 2 is 1.56 bits per heavy atom. The topological polar surface area (TPSA) is 254 Å². The number of hydrogen-bond donors (Lipinski definition) is 7. The normalized spacial score (nSPS) is 27.3. The van der Waals surface area contributed by atoms with Crippen LogP contribution in [0.5, 0.6) is 5.75 Å². The van der Waals surface area contributed by atoms with Gasteiger partial charge in [-0.05, 0) is 54.7 Å². The molecular weight excluding hydrogens is 817 g/mol. The lowest BCUT2D eigenvalue weighted by molar-refractivity contribution is -0.163. The second kappa shape index (κ2) is 24.0. The molecule has 19 nitrogen and oxygen atoms in total. The lowest BCUT2D eigenvalue weighted by Crippen LogP contribution is -2.67. The van der Waals surface area contributed by atoms with E-state index in [2.05, 4.69) is 32.0 Å². The van der Waals surface area contributed by atoms with Gasteiger partial charge in [0.1, 0.15) is 54.1 Å². The van der Waals surface area contributed by atoms with Crippen molar-refractivity contribution in [2.24, 2.45) is 23.7 Å². The van der Waals surface area contributed by atoms with Crippen LogP contribution < -0.4 is 36.7 Å². The van der Waals surface area contributed by atoms with E-state index in [1.54, 1.807) is 52.0 Å². The molecule has 0 spiro atoms. The van der Waals surface area contributed by atoms with Gasteiger partial charge in [-0.1, -0.05) is 80.4 Å². The summed E-state index contributed by atoms with van der Waals surface area (Å²) in [5.41, 5.74) is 3.43. The van der Waals surface area contributed by atoms with Crippen molar-refractivity contribution in [1.82, 2.24) is 41.9 Å². The summed E-state index contributed by atoms with van der Waals surface area (Å²) >= 11 is 0. The van der Waals surface area contributed by atoms with Crippen LogP contribution in [0.1, 0.15) is 93.6 Å². The summed E-state index contributed by atoms with van der Waals surface area (Å²) in [6.07, 6.45) is -1.37. The molecule has 1 aromatic carbocycles. The zero-order valence-corrected chi connectivity index (χ0v) is 38.6. The van der Waals surface area contributed by atoms with Gasteiger partial charge in [-0.2, -0.15) is 0 Å². The molecule has 7 amide bonds. The maximum Gasteiger partial charge on any atom is 0.329 e. The summed E-state index contributed by atoms with van der Waals surface area (Å²) in [4.78, 5) is 113. The zero-order valence-electron chi connectivity index (χ0n) is 38.6. The molecule has 0 aliphatic carbocycles. The molecule has 2 heterocycles. The number of aliphatic hydroxyl groups excluding tert-OH is 1. The maximum absolute atomic E-state index is 14.6. The van der Waals surface area contributed by atoms with E-state index in [9.17, 15) is 43.5 Å². The molecule has 0 bridgehead atoms. The molecule has 2 saturated heterocycles. The van der Waals surface area contributed by atoms with Crippen molar-refractivity contribution >= 4 is 47.8 Å². The van der Waals surface area contributed by atoms with E-state index in [-0.39, 0.29) is 37.6 Å². The molecule has 63 heavy (non-hydrogen) atoms. The molecule has 352 valence electrons. The second-order valence-electron chi connectivity index (χ2n) is 17.6. The number of likely N-dealkylation sites (N-methyl/N-ethyl adjacent to an activating group) is 1. The van der Waals surface area contributed by atoms with Gasteiger partial charge in [0.15, 0.2) is 0 Å². The number of nitrogens with zero attached hydrogens (tertiary/aromatic N) is 2. The first-order valence-electron chi connectivity index (χ1n) is 21.9. The van der Waals surface area contributed by atoms with Crippen LogP contribution in [0.4, 0.5) is 0 Å². The Kier molecular flexibility index (Phi) is 19.8. The average molecular weight is 887 g/mol. The van der Waals surface area contributed by atoms with Gasteiger partial charge in [-0.25, -0.2) is 10.2 Å². The van der Waals surface area contributed by atoms with Gasteiger partial charge in [0, 0.05) is 26.4 Å². The summed E-state index contributed by atoms with van der Waals surface area (Å²) in [6.45, 7) is 15.5. The highest BCUT2D eigenvalue weighted by atomic mass is 16.5. The van der Waals surface area contributed by atoms with Crippen LogP contribution in [0.15, 0.2) is 24.3 Å². The number of fused-ring (bicyclic) bond motifs is 1. The Labute approximate surface area is 370 Å². The number of hydrazine groups is 1. The first kappa shape index (κ1) is 52.0. The van der Waals surface area contributed by atoms with Gasteiger partial charge in [0.25, 0.3) is 5.91 Å². The summed E-state index contributed by atoms with van der Waals surface area (Å²) < 4.78 is 11.2. The predicted molar refractivity (Wildman–Crippen MR) is 232 cm³/mol. The monoisotopic (exact) mass is 887 g/mol. The van der Waals surface area contributed by atoms with Crippen LogP contribution in [-0.4, -0.2) is 138 Å². The number of nitrogens with one attached hydrogen (secondary N) is 6. The van der Waals surface area contributed by atoms with Crippen molar-refractivity contribution in [3.63, 3.8) is 0 Å². The number of rotatable bonds is 14. The fourth-order valence-corrected chi connectivity index (χ4v) is 7.76. The van der Waals surface area contributed by atoms with Crippen LogP contribution >= 0.6 is 0 Å². The smallest absolute Gasteiger partial charge is 0.329 e. The first-order valence-corrected chi connectivity index (χ1v) is 21.9. The molecule has 0 radical (unpaired) electrons. The second-order valence-corrected chi connectivity index (χ2v) is 17.6. The van der Waals surface area contributed by atoms with Gasteiger partial charge in [-0.3, -0.25) is 38.6 Å². The van der Waals surface area contributed by atoms with E-state index in [1.807, 2.05) is 27.7 Å². The van der Waals surface area contributed by atoms with Crippen molar-refractivity contribution in [1.29, 1.82) is 0 Å². The highest BCUT2D eigenvalue weighted by Gasteiger charge is 2.44. The number of benzene rings is 1. The largest absolute Gasteiger partial charge is 0.497 e. The van der Waals surface area contributed by atoms with Crippen LogP contribution in [0.25, 0.3) is 0 Å². The molecule has 0 unspecified atom stereocenters. The molecule has 7 N–H and O–H groups in total. The van der Waals surface area contributed by atoms with E-state index >= 15 is 0 Å². The van der Waals surface area contributed by atoms with E-state index in [0.29, 0.717) is 30.6 Å². The van der Waals surface area contributed by atoms with Crippen molar-refractivity contribution in [3.8, 4) is 5.75 Å². The van der Waals surface area contributed by atoms with E-state index in [1.165, 1.54) is 26.0 Å². The summed E-state index contributed by atoms with van der Waals surface area (Å²) in [7, 11) is 2.89. The number of aliphatic hydroxyl groups is 1. The number of ether oxygens (including phenoxy) is 2. The van der Waals surface area contributed by atoms with Crippen LogP contribution in [-0.2, 0) is 49.5 Å². The molecule has 0 saturated carbocycles. The Balaban J connectivity index is 2.28. The lowest BCUT2D eigenvalue weighted by atomic mass is 9.95. The quantitative estimate of drug-likeness (QED) is 0.0986. The third kappa shape index (κ3) is 13.8. The van der Waals surface area contributed by atoms with Crippen LogP contribution in [0.3, 0.4) is 0 Å². The van der Waals surface area contributed by atoms with E-state index in [0.717, 1.165) is 5.01 Å². The van der Waals surface area contributed by atoms with Crippen molar-refractivity contribution < 1.29 is 52.9 Å². The van der Waals surface area contributed by atoms with Gasteiger partial charge < -0.3 is 46.1 Å². The minimum atomic E-state index is -1.65. The van der Waals surface area contributed by atoms with Crippen LogP contribution in [0.2, 0.25) is 0 Å². The summed E-state index contributed by atoms with van der Waals surface area (Å²) in [5.74, 6) is -6.52. The molecule has 1 aromatic rings. The minimum absolute atomic E-state index is 0.0896. The maximum atomic E-state index is 14.6. The molecule has 19 heteroatoms. The molecule has 2 aliphatic heterocycles. The highest BCUT2D eigenvalue weighted by molar-refractivity contribution is 5.98. The van der Waals surface area contributed by atoms with Gasteiger partial charge in [0.05, 0.1) is 13.2 Å². The van der Waals surface area contributed by atoms with E-state index in [4.69, 9.17) is 9.47 Å². The molecule has 11 atom stereocenters.